The number of anilines is 1. The van der Waals surface area contributed by atoms with Crippen LogP contribution in [0, 0.1) is 20.8 Å². The van der Waals surface area contributed by atoms with Gasteiger partial charge in [-0.2, -0.15) is 5.10 Å². The molecule has 0 saturated heterocycles. The van der Waals surface area contributed by atoms with Crippen molar-refractivity contribution in [3.8, 4) is 17.4 Å². The van der Waals surface area contributed by atoms with Crippen molar-refractivity contribution < 1.29 is 9.53 Å². The van der Waals surface area contributed by atoms with Crippen molar-refractivity contribution in [1.82, 2.24) is 20.0 Å². The van der Waals surface area contributed by atoms with Crippen LogP contribution in [-0.4, -0.2) is 25.9 Å². The molecule has 0 aliphatic carbocycles. The Morgan fingerprint density at radius 2 is 1.77 bits per heavy atom. The van der Waals surface area contributed by atoms with Crippen molar-refractivity contribution in [1.29, 1.82) is 0 Å². The summed E-state index contributed by atoms with van der Waals surface area (Å²) in [7, 11) is 0. The summed E-state index contributed by atoms with van der Waals surface area (Å²) in [6, 6.07) is 20.6. The molecule has 31 heavy (non-hydrogen) atoms. The zero-order valence-electron chi connectivity index (χ0n) is 17.7. The molecular formula is C24H23N5O2. The summed E-state index contributed by atoms with van der Waals surface area (Å²) in [4.78, 5) is 12.3. The lowest BCUT2D eigenvalue weighted by molar-refractivity contribution is -0.115. The topological polar surface area (TPSA) is 81.9 Å². The number of hydrogen-bond donors (Lipinski definition) is 1. The van der Waals surface area contributed by atoms with E-state index in [2.05, 4.69) is 20.6 Å². The highest BCUT2D eigenvalue weighted by Crippen LogP contribution is 2.22. The number of rotatable bonds is 6. The monoisotopic (exact) mass is 413 g/mol. The molecule has 156 valence electrons. The lowest BCUT2D eigenvalue weighted by Crippen LogP contribution is -2.14. The number of carbonyl (C=O) groups excluding carboxylic acids is 1. The first-order valence-corrected chi connectivity index (χ1v) is 9.97. The summed E-state index contributed by atoms with van der Waals surface area (Å²) in [6.45, 7) is 5.91. The second-order valence-electron chi connectivity index (χ2n) is 7.41. The zero-order chi connectivity index (χ0) is 21.8. The molecule has 0 radical (unpaired) electrons. The highest BCUT2D eigenvalue weighted by atomic mass is 16.5. The molecule has 0 spiro atoms. The van der Waals surface area contributed by atoms with E-state index in [4.69, 9.17) is 4.74 Å². The molecule has 0 saturated carbocycles. The summed E-state index contributed by atoms with van der Waals surface area (Å²) < 4.78 is 7.49. The Kier molecular flexibility index (Phi) is 5.75. The van der Waals surface area contributed by atoms with Crippen LogP contribution in [0.2, 0.25) is 0 Å². The first-order valence-electron chi connectivity index (χ1n) is 9.97. The Labute approximate surface area is 180 Å². The molecule has 0 aliphatic rings. The van der Waals surface area contributed by atoms with Gasteiger partial charge in [-0.25, -0.2) is 4.68 Å². The molecule has 7 heteroatoms. The van der Waals surface area contributed by atoms with Gasteiger partial charge in [-0.3, -0.25) is 4.79 Å². The molecule has 0 atom stereocenters. The Morgan fingerprint density at radius 3 is 2.42 bits per heavy atom. The van der Waals surface area contributed by atoms with E-state index in [1.807, 2.05) is 57.2 Å². The molecule has 1 N–H and O–H groups in total. The second kappa shape index (κ2) is 8.79. The normalized spacial score (nSPS) is 10.7. The van der Waals surface area contributed by atoms with Crippen molar-refractivity contribution >= 4 is 11.6 Å². The predicted octanol–water partition coefficient (Wildman–Crippen LogP) is 4.56. The maximum absolute atomic E-state index is 12.3. The number of ether oxygens (including phenoxy) is 1. The highest BCUT2D eigenvalue weighted by Gasteiger charge is 2.08. The Balaban J connectivity index is 1.36. The van der Waals surface area contributed by atoms with Gasteiger partial charge in [0.2, 0.25) is 11.8 Å². The van der Waals surface area contributed by atoms with Gasteiger partial charge in [0.05, 0.1) is 12.1 Å². The molecule has 2 aromatic heterocycles. The maximum atomic E-state index is 12.3. The Morgan fingerprint density at radius 1 is 0.968 bits per heavy atom. The van der Waals surface area contributed by atoms with E-state index in [1.54, 1.807) is 35.0 Å². The SMILES string of the molecule is Cc1cccc(CC(=O)Nc2ccc(Oc3ccc(-n4nc(C)cc4C)nn3)cc2)c1. The largest absolute Gasteiger partial charge is 0.438 e. The average molecular weight is 413 g/mol. The molecule has 4 aromatic rings. The lowest BCUT2D eigenvalue weighted by atomic mass is 10.1. The van der Waals surface area contributed by atoms with Crippen LogP contribution in [0.5, 0.6) is 11.6 Å². The van der Waals surface area contributed by atoms with Crippen LogP contribution < -0.4 is 10.1 Å². The molecular weight excluding hydrogens is 390 g/mol. The third-order valence-corrected chi connectivity index (χ3v) is 4.66. The number of aryl methyl sites for hydroxylation is 3. The second-order valence-corrected chi connectivity index (χ2v) is 7.41. The van der Waals surface area contributed by atoms with E-state index in [-0.39, 0.29) is 5.91 Å². The number of hydrogen-bond acceptors (Lipinski definition) is 5. The summed E-state index contributed by atoms with van der Waals surface area (Å²) >= 11 is 0. The quantitative estimate of drug-likeness (QED) is 0.501. The fraction of sp³-hybridized carbons (Fsp3) is 0.167. The summed E-state index contributed by atoms with van der Waals surface area (Å²) in [6.07, 6.45) is 0.330. The minimum atomic E-state index is -0.0649. The van der Waals surface area contributed by atoms with Gasteiger partial charge in [-0.05, 0) is 62.7 Å². The smallest absolute Gasteiger partial charge is 0.238 e. The van der Waals surface area contributed by atoms with Crippen molar-refractivity contribution in [2.45, 2.75) is 27.2 Å². The maximum Gasteiger partial charge on any atom is 0.238 e. The molecule has 0 aliphatic heterocycles. The average Bonchev–Trinajstić information content (AvgIpc) is 3.08. The van der Waals surface area contributed by atoms with Gasteiger partial charge in [0.25, 0.3) is 0 Å². The van der Waals surface area contributed by atoms with Gasteiger partial charge in [0.1, 0.15) is 5.75 Å². The van der Waals surface area contributed by atoms with E-state index in [0.717, 1.165) is 22.5 Å². The van der Waals surface area contributed by atoms with Crippen molar-refractivity contribution in [2.24, 2.45) is 0 Å². The summed E-state index contributed by atoms with van der Waals surface area (Å²) in [5, 5.41) is 15.6. The van der Waals surface area contributed by atoms with Crippen LogP contribution in [0.25, 0.3) is 5.82 Å². The standard InChI is InChI=1S/C24H23N5O2/c1-16-5-4-6-19(13-16)15-23(30)25-20-7-9-21(10-8-20)31-24-12-11-22(26-27-24)29-18(3)14-17(2)28-29/h4-14H,15H2,1-3H3,(H,25,30). The van der Waals surface area contributed by atoms with Gasteiger partial charge in [-0.15, -0.1) is 10.2 Å². The van der Waals surface area contributed by atoms with E-state index in [1.165, 1.54) is 0 Å². The van der Waals surface area contributed by atoms with E-state index < -0.39 is 0 Å². The van der Waals surface area contributed by atoms with Gasteiger partial charge < -0.3 is 10.1 Å². The van der Waals surface area contributed by atoms with Crippen molar-refractivity contribution in [3.63, 3.8) is 0 Å². The van der Waals surface area contributed by atoms with Gasteiger partial charge in [0.15, 0.2) is 5.82 Å². The third kappa shape index (κ3) is 5.14. The predicted molar refractivity (Wildman–Crippen MR) is 119 cm³/mol. The molecule has 2 heterocycles. The summed E-state index contributed by atoms with van der Waals surface area (Å²) in [5.74, 6) is 1.54. The Bertz CT molecular complexity index is 1200. The van der Waals surface area contributed by atoms with Gasteiger partial charge in [-0.1, -0.05) is 29.8 Å². The molecule has 0 unspecified atom stereocenters. The van der Waals surface area contributed by atoms with Gasteiger partial charge in [0, 0.05) is 17.4 Å². The number of nitrogens with zero attached hydrogens (tertiary/aromatic N) is 4. The molecule has 0 bridgehead atoms. The first-order chi connectivity index (χ1) is 15.0. The minimum Gasteiger partial charge on any atom is -0.438 e. The van der Waals surface area contributed by atoms with E-state index >= 15 is 0 Å². The third-order valence-electron chi connectivity index (χ3n) is 4.66. The highest BCUT2D eigenvalue weighted by molar-refractivity contribution is 5.92. The lowest BCUT2D eigenvalue weighted by Gasteiger charge is -2.08. The molecule has 2 aromatic carbocycles. The summed E-state index contributed by atoms with van der Waals surface area (Å²) in [5.41, 5.74) is 4.74. The van der Waals surface area contributed by atoms with E-state index in [0.29, 0.717) is 29.6 Å². The van der Waals surface area contributed by atoms with Crippen LogP contribution in [-0.2, 0) is 11.2 Å². The molecule has 4 rings (SSSR count). The Hall–Kier alpha value is -4.00. The molecule has 0 fully saturated rings. The first kappa shape index (κ1) is 20.3. The van der Waals surface area contributed by atoms with Crippen LogP contribution >= 0.6 is 0 Å². The number of aromatic nitrogens is 4. The van der Waals surface area contributed by atoms with Crippen LogP contribution in [0.3, 0.4) is 0 Å². The van der Waals surface area contributed by atoms with Gasteiger partial charge >= 0.3 is 0 Å². The number of carbonyl (C=O) groups is 1. The number of amides is 1. The zero-order valence-corrected chi connectivity index (χ0v) is 17.7. The van der Waals surface area contributed by atoms with Crippen molar-refractivity contribution in [2.75, 3.05) is 5.32 Å². The molecule has 1 amide bonds. The van der Waals surface area contributed by atoms with Crippen LogP contribution in [0.15, 0.2) is 66.7 Å². The van der Waals surface area contributed by atoms with Crippen LogP contribution in [0.4, 0.5) is 5.69 Å². The minimum absolute atomic E-state index is 0.0649. The van der Waals surface area contributed by atoms with Crippen LogP contribution in [0.1, 0.15) is 22.5 Å². The fourth-order valence-corrected chi connectivity index (χ4v) is 3.28. The fourth-order valence-electron chi connectivity index (χ4n) is 3.28. The number of benzene rings is 2. The van der Waals surface area contributed by atoms with E-state index in [9.17, 15) is 4.79 Å². The molecule has 7 nitrogen and oxygen atoms in total. The number of nitrogens with one attached hydrogen (secondary N) is 1. The van der Waals surface area contributed by atoms with Crippen molar-refractivity contribution in [3.05, 3.63) is 89.2 Å².